The summed E-state index contributed by atoms with van der Waals surface area (Å²) in [5.74, 6) is -0.667. The Morgan fingerprint density at radius 2 is 2.04 bits per heavy atom. The van der Waals surface area contributed by atoms with Crippen LogP contribution in [-0.4, -0.2) is 15.7 Å². The first kappa shape index (κ1) is 16.7. The first-order valence-corrected chi connectivity index (χ1v) is 7.48. The van der Waals surface area contributed by atoms with Crippen molar-refractivity contribution in [2.24, 2.45) is 0 Å². The highest BCUT2D eigenvalue weighted by atomic mass is 16.5. The maximum absolute atomic E-state index is 12.3. The second-order valence-corrected chi connectivity index (χ2v) is 5.30. The van der Waals surface area contributed by atoms with Gasteiger partial charge in [-0.2, -0.15) is 0 Å². The second kappa shape index (κ2) is 8.10. The molecular formula is C18H20N2O3. The van der Waals surface area contributed by atoms with E-state index in [0.717, 1.165) is 18.9 Å². The van der Waals surface area contributed by atoms with Crippen molar-refractivity contribution in [2.45, 2.75) is 26.3 Å². The summed E-state index contributed by atoms with van der Waals surface area (Å²) in [5, 5.41) is 8.45. The quantitative estimate of drug-likeness (QED) is 0.488. The number of nitrogens with zero attached hydrogens (tertiary/aromatic N) is 1. The van der Waals surface area contributed by atoms with Crippen molar-refractivity contribution in [1.82, 2.24) is 10.0 Å². The van der Waals surface area contributed by atoms with Crippen LogP contribution in [0.3, 0.4) is 0 Å². The monoisotopic (exact) mass is 312 g/mol. The minimum atomic E-state index is -0.667. The van der Waals surface area contributed by atoms with E-state index in [2.05, 4.69) is 19.1 Å². The Balaban J connectivity index is 2.04. The zero-order valence-corrected chi connectivity index (χ0v) is 13.0. The number of hydrogen-bond acceptors (Lipinski definition) is 3. The Labute approximate surface area is 134 Å². The first-order valence-electron chi connectivity index (χ1n) is 7.48. The fraction of sp³-hybridized carbons (Fsp3) is 0.222. The number of hydrogen-bond donors (Lipinski definition) is 2. The normalized spacial score (nSPS) is 10.9. The van der Waals surface area contributed by atoms with Crippen LogP contribution in [0.2, 0.25) is 0 Å². The summed E-state index contributed by atoms with van der Waals surface area (Å²) in [5.41, 5.74) is 4.29. The molecule has 0 aliphatic carbocycles. The lowest BCUT2D eigenvalue weighted by atomic mass is 10.0. The van der Waals surface area contributed by atoms with Crippen LogP contribution in [0.25, 0.3) is 6.08 Å². The molecule has 1 heterocycles. The van der Waals surface area contributed by atoms with Crippen LogP contribution in [0.4, 0.5) is 0 Å². The molecule has 0 spiro atoms. The van der Waals surface area contributed by atoms with Crippen molar-refractivity contribution in [2.75, 3.05) is 0 Å². The minimum absolute atomic E-state index is 0.153. The zero-order valence-electron chi connectivity index (χ0n) is 13.0. The molecule has 0 unspecified atom stereocenters. The third-order valence-electron chi connectivity index (χ3n) is 3.68. The Morgan fingerprint density at radius 1 is 1.26 bits per heavy atom. The maximum atomic E-state index is 12.3. The van der Waals surface area contributed by atoms with Crippen LogP contribution in [0, 0.1) is 6.92 Å². The van der Waals surface area contributed by atoms with Gasteiger partial charge < -0.3 is 4.57 Å². The summed E-state index contributed by atoms with van der Waals surface area (Å²) >= 11 is 0. The van der Waals surface area contributed by atoms with E-state index >= 15 is 0 Å². The fourth-order valence-corrected chi connectivity index (χ4v) is 2.39. The standard InChI is InChI=1S/C18H20N2O3/c1-14-6-2-3-7-15(14)8-4-12-20-13-5-9-16(18(20)22)10-11-17(21)19-23/h2-3,5-7,9-11,13,23H,4,8,12H2,1H3,(H,19,21)/b11-10+. The summed E-state index contributed by atoms with van der Waals surface area (Å²) in [4.78, 5) is 23.3. The summed E-state index contributed by atoms with van der Waals surface area (Å²) < 4.78 is 1.63. The number of aryl methyl sites for hydroxylation is 3. The van der Waals surface area contributed by atoms with Crippen molar-refractivity contribution >= 4 is 12.0 Å². The molecule has 1 amide bonds. The van der Waals surface area contributed by atoms with Crippen LogP contribution < -0.4 is 11.0 Å². The smallest absolute Gasteiger partial charge is 0.267 e. The van der Waals surface area contributed by atoms with E-state index in [0.29, 0.717) is 12.1 Å². The Hall–Kier alpha value is -2.66. The average Bonchev–Trinajstić information content (AvgIpc) is 2.56. The molecule has 1 aromatic carbocycles. The molecule has 120 valence electrons. The van der Waals surface area contributed by atoms with Gasteiger partial charge in [-0.25, -0.2) is 5.48 Å². The topological polar surface area (TPSA) is 71.3 Å². The van der Waals surface area contributed by atoms with Crippen molar-refractivity contribution < 1.29 is 10.0 Å². The molecule has 5 heteroatoms. The van der Waals surface area contributed by atoms with Gasteiger partial charge in [-0.3, -0.25) is 14.8 Å². The lowest BCUT2D eigenvalue weighted by Crippen LogP contribution is -2.22. The molecule has 0 bridgehead atoms. The number of pyridine rings is 1. The third kappa shape index (κ3) is 4.66. The lowest BCUT2D eigenvalue weighted by Gasteiger charge is -2.08. The number of amides is 1. The van der Waals surface area contributed by atoms with Crippen LogP contribution >= 0.6 is 0 Å². The largest absolute Gasteiger partial charge is 0.315 e. The number of benzene rings is 1. The molecule has 23 heavy (non-hydrogen) atoms. The molecule has 2 N–H and O–H groups in total. The highest BCUT2D eigenvalue weighted by Crippen LogP contribution is 2.10. The van der Waals surface area contributed by atoms with E-state index in [1.807, 2.05) is 12.1 Å². The van der Waals surface area contributed by atoms with Crippen molar-refractivity contribution in [3.63, 3.8) is 0 Å². The Morgan fingerprint density at radius 3 is 2.78 bits per heavy atom. The molecular weight excluding hydrogens is 292 g/mol. The molecule has 0 aliphatic rings. The van der Waals surface area contributed by atoms with E-state index < -0.39 is 5.91 Å². The minimum Gasteiger partial charge on any atom is -0.315 e. The van der Waals surface area contributed by atoms with Crippen molar-refractivity contribution in [3.8, 4) is 0 Å². The van der Waals surface area contributed by atoms with Gasteiger partial charge in [-0.15, -0.1) is 0 Å². The summed E-state index contributed by atoms with van der Waals surface area (Å²) in [7, 11) is 0. The van der Waals surface area contributed by atoms with E-state index in [9.17, 15) is 9.59 Å². The first-order chi connectivity index (χ1) is 11.1. The second-order valence-electron chi connectivity index (χ2n) is 5.30. The van der Waals surface area contributed by atoms with E-state index in [-0.39, 0.29) is 5.56 Å². The number of carbonyl (C=O) groups excluding carboxylic acids is 1. The van der Waals surface area contributed by atoms with Crippen LogP contribution in [0.1, 0.15) is 23.1 Å². The molecule has 0 aliphatic heterocycles. The van der Waals surface area contributed by atoms with Gasteiger partial charge in [0, 0.05) is 24.4 Å². The molecule has 0 saturated carbocycles. The lowest BCUT2D eigenvalue weighted by molar-refractivity contribution is -0.124. The number of carbonyl (C=O) groups is 1. The molecule has 0 fully saturated rings. The predicted molar refractivity (Wildman–Crippen MR) is 89.2 cm³/mol. The third-order valence-corrected chi connectivity index (χ3v) is 3.68. The maximum Gasteiger partial charge on any atom is 0.267 e. The van der Waals surface area contributed by atoms with Gasteiger partial charge >= 0.3 is 0 Å². The average molecular weight is 312 g/mol. The Bertz CT molecular complexity index is 763. The van der Waals surface area contributed by atoms with E-state index in [1.165, 1.54) is 22.7 Å². The number of hydroxylamine groups is 1. The number of aromatic nitrogens is 1. The fourth-order valence-electron chi connectivity index (χ4n) is 2.39. The number of nitrogens with one attached hydrogen (secondary N) is 1. The van der Waals surface area contributed by atoms with Crippen molar-refractivity contribution in [1.29, 1.82) is 0 Å². The van der Waals surface area contributed by atoms with Gasteiger partial charge in [0.25, 0.3) is 11.5 Å². The van der Waals surface area contributed by atoms with Crippen LogP contribution in [-0.2, 0) is 17.8 Å². The van der Waals surface area contributed by atoms with Crippen LogP contribution in [0.15, 0.2) is 53.5 Å². The summed E-state index contributed by atoms with van der Waals surface area (Å²) in [6, 6.07) is 11.6. The van der Waals surface area contributed by atoms with Gasteiger partial charge in [-0.1, -0.05) is 24.3 Å². The van der Waals surface area contributed by atoms with E-state index in [4.69, 9.17) is 5.21 Å². The molecule has 1 aromatic heterocycles. The van der Waals surface area contributed by atoms with Crippen molar-refractivity contribution in [3.05, 3.63) is 75.7 Å². The predicted octanol–water partition coefficient (Wildman–Crippen LogP) is 2.31. The molecule has 2 rings (SSSR count). The molecule has 5 nitrogen and oxygen atoms in total. The SMILES string of the molecule is Cc1ccccc1CCCn1cccc(/C=C/C(=O)NO)c1=O. The van der Waals surface area contributed by atoms with Gasteiger partial charge in [-0.05, 0) is 49.1 Å². The molecule has 0 saturated heterocycles. The summed E-state index contributed by atoms with van der Waals surface area (Å²) in [6.45, 7) is 2.69. The van der Waals surface area contributed by atoms with E-state index in [1.54, 1.807) is 22.9 Å². The molecule has 0 radical (unpaired) electrons. The Kier molecular flexibility index (Phi) is 5.88. The van der Waals surface area contributed by atoms with Gasteiger partial charge in [0.15, 0.2) is 0 Å². The zero-order chi connectivity index (χ0) is 16.7. The molecule has 0 atom stereocenters. The summed E-state index contributed by atoms with van der Waals surface area (Å²) in [6.07, 6.45) is 6.02. The highest BCUT2D eigenvalue weighted by molar-refractivity contribution is 5.90. The van der Waals surface area contributed by atoms with Crippen LogP contribution in [0.5, 0.6) is 0 Å². The van der Waals surface area contributed by atoms with Gasteiger partial charge in [0.2, 0.25) is 0 Å². The number of rotatable bonds is 6. The van der Waals surface area contributed by atoms with Gasteiger partial charge in [0.1, 0.15) is 0 Å². The highest BCUT2D eigenvalue weighted by Gasteiger charge is 2.02. The molecule has 2 aromatic rings. The van der Waals surface area contributed by atoms with Gasteiger partial charge in [0.05, 0.1) is 0 Å².